The van der Waals surface area contributed by atoms with Crippen LogP contribution in [0, 0.1) is 0 Å². The first-order chi connectivity index (χ1) is 10.3. The molecule has 2 rings (SSSR count). The van der Waals surface area contributed by atoms with E-state index < -0.39 is 0 Å². The first-order valence-corrected chi connectivity index (χ1v) is 7.78. The number of anilines is 1. The second kappa shape index (κ2) is 8.62. The van der Waals surface area contributed by atoms with Crippen molar-refractivity contribution in [2.75, 3.05) is 38.3 Å². The fourth-order valence-electron chi connectivity index (χ4n) is 2.57. The van der Waals surface area contributed by atoms with Gasteiger partial charge in [0.1, 0.15) is 0 Å². The highest BCUT2D eigenvalue weighted by Crippen LogP contribution is 2.19. The van der Waals surface area contributed by atoms with Crippen molar-refractivity contribution in [2.45, 2.75) is 32.1 Å². The lowest BCUT2D eigenvalue weighted by atomic mass is 10.2. The maximum atomic E-state index is 12.1. The molecular formula is C16H25N3O2. The fraction of sp³-hybridized carbons (Fsp3) is 0.625. The van der Waals surface area contributed by atoms with Crippen LogP contribution in [0.4, 0.5) is 5.69 Å². The number of nitrogens with one attached hydrogen (secondary N) is 1. The van der Waals surface area contributed by atoms with Gasteiger partial charge in [-0.05, 0) is 25.3 Å². The Bertz CT molecular complexity index is 443. The highest BCUT2D eigenvalue weighted by molar-refractivity contribution is 5.94. The Kier molecular flexibility index (Phi) is 6.47. The first-order valence-electron chi connectivity index (χ1n) is 7.78. The third kappa shape index (κ3) is 5.01. The van der Waals surface area contributed by atoms with E-state index in [4.69, 9.17) is 4.74 Å². The van der Waals surface area contributed by atoms with Crippen molar-refractivity contribution in [3.8, 4) is 0 Å². The van der Waals surface area contributed by atoms with Crippen LogP contribution in [-0.2, 0) is 4.74 Å². The van der Waals surface area contributed by atoms with Gasteiger partial charge in [-0.1, -0.05) is 12.8 Å². The zero-order valence-corrected chi connectivity index (χ0v) is 12.8. The molecule has 21 heavy (non-hydrogen) atoms. The summed E-state index contributed by atoms with van der Waals surface area (Å²) in [5, 5.41) is 2.90. The fourth-order valence-corrected chi connectivity index (χ4v) is 2.57. The van der Waals surface area contributed by atoms with Crippen LogP contribution in [0.15, 0.2) is 18.5 Å². The molecule has 0 spiro atoms. The molecule has 1 N–H and O–H groups in total. The van der Waals surface area contributed by atoms with Crippen molar-refractivity contribution >= 4 is 11.6 Å². The average molecular weight is 291 g/mol. The highest BCUT2D eigenvalue weighted by Gasteiger charge is 2.12. The van der Waals surface area contributed by atoms with E-state index in [1.165, 1.54) is 25.7 Å². The molecule has 0 aliphatic carbocycles. The predicted octanol–water partition coefficient (Wildman–Crippen LogP) is 2.23. The van der Waals surface area contributed by atoms with E-state index in [2.05, 4.69) is 15.2 Å². The zero-order valence-electron chi connectivity index (χ0n) is 12.8. The summed E-state index contributed by atoms with van der Waals surface area (Å²) in [6.45, 7) is 3.40. The lowest BCUT2D eigenvalue weighted by Gasteiger charge is -2.22. The molecule has 1 aromatic rings. The Morgan fingerprint density at radius 1 is 1.29 bits per heavy atom. The van der Waals surface area contributed by atoms with Gasteiger partial charge >= 0.3 is 0 Å². The van der Waals surface area contributed by atoms with Crippen LogP contribution >= 0.6 is 0 Å². The Morgan fingerprint density at radius 3 is 2.76 bits per heavy atom. The molecular weight excluding hydrogens is 266 g/mol. The molecule has 2 heterocycles. The van der Waals surface area contributed by atoms with Crippen LogP contribution in [-0.4, -0.2) is 44.2 Å². The minimum Gasteiger partial charge on any atom is -0.385 e. The van der Waals surface area contributed by atoms with E-state index in [1.54, 1.807) is 13.3 Å². The number of amides is 1. The highest BCUT2D eigenvalue weighted by atomic mass is 16.5. The molecule has 0 unspecified atom stereocenters. The van der Waals surface area contributed by atoms with Gasteiger partial charge in [0.2, 0.25) is 0 Å². The molecule has 116 valence electrons. The van der Waals surface area contributed by atoms with E-state index >= 15 is 0 Å². The molecule has 0 radical (unpaired) electrons. The summed E-state index contributed by atoms with van der Waals surface area (Å²) in [7, 11) is 1.66. The summed E-state index contributed by atoms with van der Waals surface area (Å²) in [4.78, 5) is 18.7. The van der Waals surface area contributed by atoms with E-state index in [0.29, 0.717) is 18.7 Å². The summed E-state index contributed by atoms with van der Waals surface area (Å²) in [5.41, 5.74) is 1.69. The van der Waals surface area contributed by atoms with Crippen LogP contribution in [0.5, 0.6) is 0 Å². The second-order valence-electron chi connectivity index (χ2n) is 5.44. The average Bonchev–Trinajstić information content (AvgIpc) is 2.81. The van der Waals surface area contributed by atoms with Crippen LogP contribution in [0.2, 0.25) is 0 Å². The molecule has 0 aromatic carbocycles. The molecule has 0 saturated carbocycles. The summed E-state index contributed by atoms with van der Waals surface area (Å²) < 4.78 is 4.97. The Balaban J connectivity index is 1.94. The van der Waals surface area contributed by atoms with Crippen LogP contribution < -0.4 is 10.2 Å². The number of hydrogen-bond acceptors (Lipinski definition) is 4. The first kappa shape index (κ1) is 15.8. The number of rotatable bonds is 6. The van der Waals surface area contributed by atoms with E-state index in [-0.39, 0.29) is 5.91 Å². The molecule has 1 aliphatic rings. The van der Waals surface area contributed by atoms with Gasteiger partial charge in [0.05, 0.1) is 17.4 Å². The number of ether oxygens (including phenoxy) is 1. The van der Waals surface area contributed by atoms with Crippen LogP contribution in [0.3, 0.4) is 0 Å². The number of hydrogen-bond donors (Lipinski definition) is 1. The maximum absolute atomic E-state index is 12.1. The van der Waals surface area contributed by atoms with E-state index in [0.717, 1.165) is 25.2 Å². The lowest BCUT2D eigenvalue weighted by Crippen LogP contribution is -2.27. The Labute approximate surface area is 126 Å². The van der Waals surface area contributed by atoms with Crippen molar-refractivity contribution in [1.82, 2.24) is 10.3 Å². The largest absolute Gasteiger partial charge is 0.385 e. The van der Waals surface area contributed by atoms with E-state index in [9.17, 15) is 4.79 Å². The summed E-state index contributed by atoms with van der Waals surface area (Å²) in [6, 6.07) is 1.95. The number of pyridine rings is 1. The summed E-state index contributed by atoms with van der Waals surface area (Å²) >= 11 is 0. The Morgan fingerprint density at radius 2 is 2.05 bits per heavy atom. The third-order valence-corrected chi connectivity index (χ3v) is 3.77. The van der Waals surface area contributed by atoms with Crippen molar-refractivity contribution in [3.05, 3.63) is 24.0 Å². The van der Waals surface area contributed by atoms with Gasteiger partial charge in [-0.2, -0.15) is 0 Å². The molecule has 5 heteroatoms. The van der Waals surface area contributed by atoms with E-state index in [1.807, 2.05) is 12.3 Å². The zero-order chi connectivity index (χ0) is 14.9. The molecule has 0 atom stereocenters. The van der Waals surface area contributed by atoms with Crippen molar-refractivity contribution in [3.63, 3.8) is 0 Å². The Hall–Kier alpha value is -1.62. The standard InChI is InChI=1S/C16H25N3O2/c1-21-10-6-7-18-16(20)14-11-15(13-17-12-14)19-8-4-2-3-5-9-19/h11-13H,2-10H2,1H3,(H,18,20). The number of methoxy groups -OCH3 is 1. The number of carbonyl (C=O) groups excluding carboxylic acids is 1. The normalized spacial score (nSPS) is 15.6. The maximum Gasteiger partial charge on any atom is 0.252 e. The van der Waals surface area contributed by atoms with Gasteiger partial charge in [0.25, 0.3) is 5.91 Å². The topological polar surface area (TPSA) is 54.5 Å². The molecule has 1 amide bonds. The lowest BCUT2D eigenvalue weighted by molar-refractivity contribution is 0.0948. The minimum atomic E-state index is -0.0599. The minimum absolute atomic E-state index is 0.0599. The van der Waals surface area contributed by atoms with Gasteiger partial charge in [-0.25, -0.2) is 0 Å². The quantitative estimate of drug-likeness (QED) is 0.817. The molecule has 1 fully saturated rings. The molecule has 1 aromatic heterocycles. The van der Waals surface area contributed by atoms with Gasteiger partial charge in [-0.15, -0.1) is 0 Å². The van der Waals surface area contributed by atoms with Gasteiger partial charge in [-0.3, -0.25) is 9.78 Å². The molecule has 5 nitrogen and oxygen atoms in total. The van der Waals surface area contributed by atoms with Gasteiger partial charge in [0.15, 0.2) is 0 Å². The SMILES string of the molecule is COCCCNC(=O)c1cncc(N2CCCCCC2)c1. The van der Waals surface area contributed by atoms with Gasteiger partial charge in [0, 0.05) is 39.5 Å². The van der Waals surface area contributed by atoms with Crippen LogP contribution in [0.1, 0.15) is 42.5 Å². The smallest absolute Gasteiger partial charge is 0.252 e. The molecule has 1 aliphatic heterocycles. The number of nitrogens with zero attached hydrogens (tertiary/aromatic N) is 2. The van der Waals surface area contributed by atoms with Crippen molar-refractivity contribution < 1.29 is 9.53 Å². The third-order valence-electron chi connectivity index (χ3n) is 3.77. The molecule has 0 bridgehead atoms. The van der Waals surface area contributed by atoms with Gasteiger partial charge < -0.3 is 15.0 Å². The summed E-state index contributed by atoms with van der Waals surface area (Å²) in [6.07, 6.45) is 9.33. The predicted molar refractivity (Wildman–Crippen MR) is 83.7 cm³/mol. The summed E-state index contributed by atoms with van der Waals surface area (Å²) in [5.74, 6) is -0.0599. The van der Waals surface area contributed by atoms with Crippen molar-refractivity contribution in [1.29, 1.82) is 0 Å². The number of carbonyl (C=O) groups is 1. The number of aromatic nitrogens is 1. The van der Waals surface area contributed by atoms with Crippen LogP contribution in [0.25, 0.3) is 0 Å². The monoisotopic (exact) mass is 291 g/mol. The molecule has 1 saturated heterocycles. The second-order valence-corrected chi connectivity index (χ2v) is 5.44. The van der Waals surface area contributed by atoms with Crippen molar-refractivity contribution in [2.24, 2.45) is 0 Å².